The number of nitrogens with one attached hydrogen (secondary N) is 1. The van der Waals surface area contributed by atoms with E-state index in [-0.39, 0.29) is 12.4 Å². The second kappa shape index (κ2) is 14.5. The van der Waals surface area contributed by atoms with Gasteiger partial charge in [-0.25, -0.2) is 0 Å². The van der Waals surface area contributed by atoms with Gasteiger partial charge in [-0.2, -0.15) is 0 Å². The first-order chi connectivity index (χ1) is 21.9. The van der Waals surface area contributed by atoms with Gasteiger partial charge < -0.3 is 29.0 Å². The van der Waals surface area contributed by atoms with Gasteiger partial charge in [-0.15, -0.1) is 5.10 Å². The average Bonchev–Trinajstić information content (AvgIpc) is 3.52. The van der Waals surface area contributed by atoms with Gasteiger partial charge in [-0.05, 0) is 66.2 Å². The summed E-state index contributed by atoms with van der Waals surface area (Å²) in [7, 11) is 6.13. The summed E-state index contributed by atoms with van der Waals surface area (Å²) >= 11 is 6.09. The SMILES string of the molecule is COc1cc(C(=O)/C=C/c2cc(OC)c(OC)c(OC)c2)ccc1OCc1cn(CCNc2ccnc3cc(Cl)ccc23)nn1. The first kappa shape index (κ1) is 31.1. The highest BCUT2D eigenvalue weighted by Crippen LogP contribution is 2.38. The number of methoxy groups -OCH3 is 4. The molecule has 0 radical (unpaired) electrons. The van der Waals surface area contributed by atoms with Crippen molar-refractivity contribution in [3.05, 3.63) is 94.9 Å². The lowest BCUT2D eigenvalue weighted by Gasteiger charge is -2.12. The van der Waals surface area contributed by atoms with Crippen LogP contribution >= 0.6 is 11.6 Å². The molecule has 0 atom stereocenters. The molecule has 0 bridgehead atoms. The maximum atomic E-state index is 13.0. The van der Waals surface area contributed by atoms with Crippen molar-refractivity contribution in [3.8, 4) is 28.7 Å². The molecule has 0 aliphatic rings. The fraction of sp³-hybridized carbons (Fsp3) is 0.212. The van der Waals surface area contributed by atoms with Crippen LogP contribution in [0.2, 0.25) is 5.02 Å². The van der Waals surface area contributed by atoms with E-state index in [9.17, 15) is 4.79 Å². The number of halogens is 1. The molecule has 45 heavy (non-hydrogen) atoms. The number of carbonyl (C=O) groups is 1. The number of carbonyl (C=O) groups excluding carboxylic acids is 1. The van der Waals surface area contributed by atoms with Crippen molar-refractivity contribution in [1.29, 1.82) is 0 Å². The van der Waals surface area contributed by atoms with Crippen LogP contribution in [0.1, 0.15) is 21.6 Å². The normalized spacial score (nSPS) is 11.0. The highest BCUT2D eigenvalue weighted by Gasteiger charge is 2.14. The van der Waals surface area contributed by atoms with Gasteiger partial charge in [0, 0.05) is 34.4 Å². The molecule has 0 fully saturated rings. The lowest BCUT2D eigenvalue weighted by molar-refractivity contribution is 0.104. The van der Waals surface area contributed by atoms with Gasteiger partial charge in [0.05, 0.1) is 46.7 Å². The smallest absolute Gasteiger partial charge is 0.203 e. The molecule has 5 rings (SSSR count). The molecule has 0 saturated heterocycles. The molecule has 0 saturated carbocycles. The van der Waals surface area contributed by atoms with E-state index in [1.165, 1.54) is 34.5 Å². The standard InChI is InChI=1S/C33H32ClN5O6/c1-41-30-17-22(28(40)9-5-21-15-31(42-2)33(44-4)32(16-21)43-3)6-10-29(30)45-20-24-19-39(38-37-24)14-13-36-26-11-12-35-27-18-23(34)7-8-25(26)27/h5-12,15-19H,13-14,20H2,1-4H3,(H,35,36)/b9-5+. The Kier molecular flexibility index (Phi) is 10.0. The lowest BCUT2D eigenvalue weighted by atomic mass is 10.1. The minimum Gasteiger partial charge on any atom is -0.493 e. The number of pyridine rings is 1. The van der Waals surface area contributed by atoms with E-state index in [4.69, 9.17) is 35.3 Å². The third kappa shape index (κ3) is 7.44. The molecule has 2 heterocycles. The fourth-order valence-corrected chi connectivity index (χ4v) is 4.82. The van der Waals surface area contributed by atoms with Crippen LogP contribution in [0.5, 0.6) is 28.7 Å². The van der Waals surface area contributed by atoms with Crippen LogP contribution < -0.4 is 29.0 Å². The summed E-state index contributed by atoms with van der Waals surface area (Å²) in [5.41, 5.74) is 3.59. The number of fused-ring (bicyclic) bond motifs is 1. The Morgan fingerprint density at radius 2 is 1.69 bits per heavy atom. The van der Waals surface area contributed by atoms with Crippen LogP contribution in [0.3, 0.4) is 0 Å². The van der Waals surface area contributed by atoms with Gasteiger partial charge in [0.15, 0.2) is 28.8 Å². The van der Waals surface area contributed by atoms with Crippen molar-refractivity contribution >= 4 is 40.1 Å². The maximum absolute atomic E-state index is 13.0. The molecule has 232 valence electrons. The third-order valence-electron chi connectivity index (χ3n) is 6.89. The van der Waals surface area contributed by atoms with E-state index in [0.29, 0.717) is 63.7 Å². The first-order valence-electron chi connectivity index (χ1n) is 13.9. The molecule has 0 aliphatic heterocycles. The minimum absolute atomic E-state index is 0.174. The van der Waals surface area contributed by atoms with Crippen LogP contribution in [-0.4, -0.2) is 60.7 Å². The van der Waals surface area contributed by atoms with Crippen molar-refractivity contribution in [3.63, 3.8) is 0 Å². The number of hydrogen-bond donors (Lipinski definition) is 1. The molecular weight excluding hydrogens is 598 g/mol. The average molecular weight is 630 g/mol. The Hall–Kier alpha value is -5.29. The molecule has 0 aliphatic carbocycles. The fourth-order valence-electron chi connectivity index (χ4n) is 4.65. The second-order valence-electron chi connectivity index (χ2n) is 9.73. The van der Waals surface area contributed by atoms with Gasteiger partial charge in [0.2, 0.25) is 5.75 Å². The van der Waals surface area contributed by atoms with Gasteiger partial charge in [-0.3, -0.25) is 14.5 Å². The van der Waals surface area contributed by atoms with E-state index in [0.717, 1.165) is 16.6 Å². The zero-order valence-corrected chi connectivity index (χ0v) is 26.0. The van der Waals surface area contributed by atoms with Crippen LogP contribution in [0.25, 0.3) is 17.0 Å². The summed E-state index contributed by atoms with van der Waals surface area (Å²) in [5.74, 6) is 2.15. The highest BCUT2D eigenvalue weighted by atomic mass is 35.5. The van der Waals surface area contributed by atoms with Gasteiger partial charge in [-0.1, -0.05) is 22.9 Å². The molecule has 0 unspecified atom stereocenters. The summed E-state index contributed by atoms with van der Waals surface area (Å²) < 4.78 is 29.3. The number of rotatable bonds is 14. The van der Waals surface area contributed by atoms with Crippen molar-refractivity contribution in [2.24, 2.45) is 0 Å². The number of ether oxygens (including phenoxy) is 5. The topological polar surface area (TPSA) is 119 Å². The maximum Gasteiger partial charge on any atom is 0.203 e. The summed E-state index contributed by atoms with van der Waals surface area (Å²) in [6.07, 6.45) is 6.72. The predicted octanol–water partition coefficient (Wildman–Crippen LogP) is 6.10. The largest absolute Gasteiger partial charge is 0.493 e. The molecule has 5 aromatic rings. The van der Waals surface area contributed by atoms with Crippen LogP contribution in [0.15, 0.2) is 73.1 Å². The lowest BCUT2D eigenvalue weighted by Crippen LogP contribution is -2.11. The van der Waals surface area contributed by atoms with E-state index >= 15 is 0 Å². The minimum atomic E-state index is -0.214. The summed E-state index contributed by atoms with van der Waals surface area (Å²) in [4.78, 5) is 17.3. The highest BCUT2D eigenvalue weighted by molar-refractivity contribution is 6.31. The number of hydrogen-bond acceptors (Lipinski definition) is 10. The zero-order chi connectivity index (χ0) is 31.8. The molecule has 2 aromatic heterocycles. The number of anilines is 1. The van der Waals surface area contributed by atoms with Crippen LogP contribution in [0, 0.1) is 0 Å². The number of nitrogens with zero attached hydrogens (tertiary/aromatic N) is 4. The van der Waals surface area contributed by atoms with E-state index in [1.807, 2.05) is 30.5 Å². The molecular formula is C33H32ClN5O6. The summed E-state index contributed by atoms with van der Waals surface area (Å²) in [5, 5.41) is 13.5. The van der Waals surface area contributed by atoms with Crippen LogP contribution in [-0.2, 0) is 13.2 Å². The quantitative estimate of drug-likeness (QED) is 0.114. The van der Waals surface area contributed by atoms with Crippen molar-refractivity contribution < 1.29 is 28.5 Å². The van der Waals surface area contributed by atoms with E-state index < -0.39 is 0 Å². The summed E-state index contributed by atoms with van der Waals surface area (Å²) in [6.45, 7) is 1.39. The Bertz CT molecular complexity index is 1820. The predicted molar refractivity (Wildman–Crippen MR) is 172 cm³/mol. The number of ketones is 1. The Balaban J connectivity index is 1.17. The van der Waals surface area contributed by atoms with Gasteiger partial charge in [0.25, 0.3) is 0 Å². The van der Waals surface area contributed by atoms with Gasteiger partial charge in [0.1, 0.15) is 12.3 Å². The van der Waals surface area contributed by atoms with Crippen molar-refractivity contribution in [2.75, 3.05) is 40.3 Å². The monoisotopic (exact) mass is 629 g/mol. The zero-order valence-electron chi connectivity index (χ0n) is 25.2. The van der Waals surface area contributed by atoms with E-state index in [1.54, 1.807) is 47.3 Å². The Morgan fingerprint density at radius 3 is 2.42 bits per heavy atom. The molecule has 3 aromatic carbocycles. The Labute approximate surface area is 265 Å². The molecule has 1 N–H and O–H groups in total. The van der Waals surface area contributed by atoms with Crippen molar-refractivity contribution in [2.45, 2.75) is 13.2 Å². The number of aromatic nitrogens is 4. The first-order valence-corrected chi connectivity index (χ1v) is 14.3. The van der Waals surface area contributed by atoms with Crippen LogP contribution in [0.4, 0.5) is 5.69 Å². The molecule has 0 amide bonds. The summed E-state index contributed by atoms with van der Waals surface area (Å²) in [6, 6.07) is 16.1. The molecule has 12 heteroatoms. The second-order valence-corrected chi connectivity index (χ2v) is 10.2. The molecule has 0 spiro atoms. The van der Waals surface area contributed by atoms with E-state index in [2.05, 4.69) is 20.6 Å². The van der Waals surface area contributed by atoms with Gasteiger partial charge >= 0.3 is 0 Å². The number of benzene rings is 3. The molecule has 11 nitrogen and oxygen atoms in total. The number of allylic oxidation sites excluding steroid dienone is 1. The Morgan fingerprint density at radius 1 is 0.911 bits per heavy atom. The van der Waals surface area contributed by atoms with Crippen molar-refractivity contribution in [1.82, 2.24) is 20.0 Å². The third-order valence-corrected chi connectivity index (χ3v) is 7.12.